The predicted octanol–water partition coefficient (Wildman–Crippen LogP) is 2.27. The molecule has 0 atom stereocenters. The molecule has 1 rings (SSSR count). The van der Waals surface area contributed by atoms with Gasteiger partial charge < -0.3 is 0 Å². The monoisotopic (exact) mass is 188 g/mol. The summed E-state index contributed by atoms with van der Waals surface area (Å²) in [5, 5.41) is 0. The van der Waals surface area contributed by atoms with Gasteiger partial charge in [0.2, 0.25) is 0 Å². The lowest BCUT2D eigenvalue weighted by molar-refractivity contribution is 0.600. The van der Waals surface area contributed by atoms with Crippen LogP contribution in [-0.2, 0) is 9.84 Å². The lowest BCUT2D eigenvalue weighted by atomic mass is 10.1. The van der Waals surface area contributed by atoms with E-state index in [1.807, 2.05) is 13.8 Å². The van der Waals surface area contributed by atoms with E-state index in [4.69, 9.17) is 0 Å². The highest BCUT2D eigenvalue weighted by Crippen LogP contribution is 2.24. The second-order valence-corrected chi connectivity index (χ2v) is 5.68. The summed E-state index contributed by atoms with van der Waals surface area (Å²) in [6.45, 7) is 3.77. The van der Waals surface area contributed by atoms with Crippen molar-refractivity contribution in [2.75, 3.05) is 5.75 Å². The highest BCUT2D eigenvalue weighted by atomic mass is 32.2. The highest BCUT2D eigenvalue weighted by molar-refractivity contribution is 7.95. The molecule has 70 valence electrons. The minimum atomic E-state index is -2.88. The summed E-state index contributed by atoms with van der Waals surface area (Å²) in [6.07, 6.45) is 3.67. The fraction of sp³-hybridized carbons (Fsp3) is 0.778. The van der Waals surface area contributed by atoms with Gasteiger partial charge >= 0.3 is 0 Å². The first-order valence-electron chi connectivity index (χ1n) is 4.43. The predicted molar refractivity (Wildman–Crippen MR) is 50.6 cm³/mol. The summed E-state index contributed by atoms with van der Waals surface area (Å²) in [5.41, 5.74) is 0.969. The minimum Gasteiger partial charge on any atom is -0.224 e. The molecule has 0 radical (unpaired) electrons. The molecule has 0 unspecified atom stereocenters. The van der Waals surface area contributed by atoms with Gasteiger partial charge in [-0.15, -0.1) is 0 Å². The first-order valence-corrected chi connectivity index (χ1v) is 6.08. The minimum absolute atomic E-state index is 0.355. The van der Waals surface area contributed by atoms with Crippen LogP contribution in [-0.4, -0.2) is 14.2 Å². The number of hydrogen-bond donors (Lipinski definition) is 0. The first-order chi connectivity index (χ1) is 5.54. The summed E-state index contributed by atoms with van der Waals surface area (Å²) in [4.78, 5) is 0.694. The second kappa shape index (κ2) is 3.60. The van der Waals surface area contributed by atoms with Gasteiger partial charge in [-0.2, -0.15) is 0 Å². The molecule has 0 spiro atoms. The molecule has 1 fully saturated rings. The average molecular weight is 188 g/mol. The maximum Gasteiger partial charge on any atom is 0.174 e. The van der Waals surface area contributed by atoms with Gasteiger partial charge in [-0.25, -0.2) is 8.42 Å². The smallest absolute Gasteiger partial charge is 0.174 e. The van der Waals surface area contributed by atoms with Crippen LogP contribution in [0.25, 0.3) is 0 Å². The maximum atomic E-state index is 11.6. The van der Waals surface area contributed by atoms with Gasteiger partial charge in [0.1, 0.15) is 0 Å². The van der Waals surface area contributed by atoms with Crippen LogP contribution in [0.1, 0.15) is 39.5 Å². The SMILES string of the molecule is CC(C)=C1CCCCCS1(=O)=O. The van der Waals surface area contributed by atoms with Crippen molar-refractivity contribution in [3.05, 3.63) is 10.5 Å². The lowest BCUT2D eigenvalue weighted by Gasteiger charge is -2.05. The van der Waals surface area contributed by atoms with Crippen LogP contribution < -0.4 is 0 Å². The second-order valence-electron chi connectivity index (χ2n) is 3.55. The standard InChI is InChI=1S/C9H16O2S/c1-8(2)9-6-4-3-5-7-12(9,10)11/h3-7H2,1-2H3. The zero-order chi connectivity index (χ0) is 9.19. The zero-order valence-electron chi connectivity index (χ0n) is 7.76. The van der Waals surface area contributed by atoms with Crippen LogP contribution in [0.4, 0.5) is 0 Å². The van der Waals surface area contributed by atoms with E-state index in [1.54, 1.807) is 0 Å². The summed E-state index contributed by atoms with van der Waals surface area (Å²) in [6, 6.07) is 0. The quantitative estimate of drug-likeness (QED) is 0.584. The van der Waals surface area contributed by atoms with E-state index < -0.39 is 9.84 Å². The van der Waals surface area contributed by atoms with Crippen molar-refractivity contribution in [2.45, 2.75) is 39.5 Å². The van der Waals surface area contributed by atoms with Gasteiger partial charge in [-0.1, -0.05) is 12.0 Å². The summed E-state index contributed by atoms with van der Waals surface area (Å²) >= 11 is 0. The molecule has 1 saturated heterocycles. The average Bonchev–Trinajstić information content (AvgIpc) is 2.09. The number of allylic oxidation sites excluding steroid dienone is 2. The van der Waals surface area contributed by atoms with E-state index in [0.29, 0.717) is 10.7 Å². The number of sulfone groups is 1. The molecule has 1 aliphatic heterocycles. The molecule has 0 aliphatic carbocycles. The van der Waals surface area contributed by atoms with E-state index >= 15 is 0 Å². The third-order valence-electron chi connectivity index (χ3n) is 2.25. The molecular formula is C9H16O2S. The lowest BCUT2D eigenvalue weighted by Crippen LogP contribution is -2.07. The van der Waals surface area contributed by atoms with Crippen molar-refractivity contribution in [3.8, 4) is 0 Å². The van der Waals surface area contributed by atoms with Crippen molar-refractivity contribution >= 4 is 9.84 Å². The molecule has 1 heterocycles. The number of hydrogen-bond acceptors (Lipinski definition) is 2. The molecule has 1 aliphatic rings. The Hall–Kier alpha value is -0.310. The van der Waals surface area contributed by atoms with Gasteiger partial charge in [0.25, 0.3) is 0 Å². The zero-order valence-corrected chi connectivity index (χ0v) is 8.58. The summed E-state index contributed by atoms with van der Waals surface area (Å²) in [5.74, 6) is 0.355. The Morgan fingerprint density at radius 3 is 2.42 bits per heavy atom. The van der Waals surface area contributed by atoms with E-state index in [-0.39, 0.29) is 0 Å². The van der Waals surface area contributed by atoms with Crippen molar-refractivity contribution < 1.29 is 8.42 Å². The van der Waals surface area contributed by atoms with Gasteiger partial charge in [0.05, 0.1) is 5.75 Å². The van der Waals surface area contributed by atoms with Crippen LogP contribution in [0.15, 0.2) is 10.5 Å². The Labute approximate surface area is 74.6 Å². The molecule has 12 heavy (non-hydrogen) atoms. The Morgan fingerprint density at radius 1 is 1.17 bits per heavy atom. The van der Waals surface area contributed by atoms with Gasteiger partial charge in [0.15, 0.2) is 9.84 Å². The molecule has 0 amide bonds. The van der Waals surface area contributed by atoms with Crippen LogP contribution in [0.5, 0.6) is 0 Å². The maximum absolute atomic E-state index is 11.6. The molecule has 0 aromatic heterocycles. The largest absolute Gasteiger partial charge is 0.224 e. The molecular weight excluding hydrogens is 172 g/mol. The molecule has 0 saturated carbocycles. The van der Waals surface area contributed by atoms with E-state index in [2.05, 4.69) is 0 Å². The van der Waals surface area contributed by atoms with E-state index in [1.165, 1.54) is 0 Å². The van der Waals surface area contributed by atoms with Gasteiger partial charge in [-0.3, -0.25) is 0 Å². The first kappa shape index (κ1) is 9.78. The van der Waals surface area contributed by atoms with Crippen LogP contribution in [0.2, 0.25) is 0 Å². The number of rotatable bonds is 0. The van der Waals surface area contributed by atoms with Gasteiger partial charge in [-0.05, 0) is 33.1 Å². The molecule has 0 aromatic carbocycles. The summed E-state index contributed by atoms with van der Waals surface area (Å²) in [7, 11) is -2.88. The van der Waals surface area contributed by atoms with Crippen molar-refractivity contribution in [3.63, 3.8) is 0 Å². The van der Waals surface area contributed by atoms with E-state index in [0.717, 1.165) is 31.3 Å². The molecule has 2 nitrogen and oxygen atoms in total. The molecule has 0 bridgehead atoms. The molecule has 0 aromatic rings. The fourth-order valence-corrected chi connectivity index (χ4v) is 3.50. The Bertz CT molecular complexity index is 282. The van der Waals surface area contributed by atoms with Gasteiger partial charge in [0, 0.05) is 4.91 Å². The van der Waals surface area contributed by atoms with Crippen molar-refractivity contribution in [1.29, 1.82) is 0 Å². The van der Waals surface area contributed by atoms with Crippen LogP contribution in [0.3, 0.4) is 0 Å². The topological polar surface area (TPSA) is 34.1 Å². The third kappa shape index (κ3) is 2.09. The Kier molecular flexibility index (Phi) is 2.94. The van der Waals surface area contributed by atoms with Crippen LogP contribution >= 0.6 is 0 Å². The third-order valence-corrected chi connectivity index (χ3v) is 4.44. The summed E-state index contributed by atoms with van der Waals surface area (Å²) < 4.78 is 23.2. The molecule has 3 heteroatoms. The van der Waals surface area contributed by atoms with Crippen LogP contribution in [0, 0.1) is 0 Å². The molecule has 0 N–H and O–H groups in total. The Balaban J connectivity index is 3.04. The Morgan fingerprint density at radius 2 is 1.83 bits per heavy atom. The fourth-order valence-electron chi connectivity index (χ4n) is 1.59. The normalized spacial score (nSPS) is 23.3. The highest BCUT2D eigenvalue weighted by Gasteiger charge is 2.20. The van der Waals surface area contributed by atoms with Crippen molar-refractivity contribution in [2.24, 2.45) is 0 Å². The van der Waals surface area contributed by atoms with Crippen molar-refractivity contribution in [1.82, 2.24) is 0 Å². The van der Waals surface area contributed by atoms with E-state index in [9.17, 15) is 8.42 Å².